The first-order valence-corrected chi connectivity index (χ1v) is 10.7. The van der Waals surface area contributed by atoms with Crippen LogP contribution in [0.4, 0.5) is 18.9 Å². The minimum atomic E-state index is -4.68. The summed E-state index contributed by atoms with van der Waals surface area (Å²) in [5, 5.41) is 14.5. The minimum absolute atomic E-state index is 0.209. The van der Waals surface area contributed by atoms with Crippen molar-refractivity contribution in [3.8, 4) is 17.3 Å². The molecule has 9 heteroatoms. The number of anilines is 1. The second-order valence-electron chi connectivity index (χ2n) is 7.09. The highest BCUT2D eigenvalue weighted by atomic mass is 32.1. The third-order valence-corrected chi connectivity index (χ3v) is 5.82. The van der Waals surface area contributed by atoms with E-state index in [1.54, 1.807) is 0 Å². The largest absolute Gasteiger partial charge is 0.423 e. The molecule has 0 aliphatic heterocycles. The topological polar surface area (TPSA) is 78.9 Å². The van der Waals surface area contributed by atoms with Gasteiger partial charge >= 0.3 is 11.8 Å². The highest BCUT2D eigenvalue weighted by molar-refractivity contribution is 7.11. The third kappa shape index (κ3) is 4.81. The number of fused-ring (bicyclic) bond motifs is 1. The number of hydrogen-bond acceptors (Lipinski definition) is 6. The van der Waals surface area contributed by atoms with E-state index in [9.17, 15) is 23.2 Å². The molecule has 0 unspecified atom stereocenters. The van der Waals surface area contributed by atoms with E-state index in [1.807, 2.05) is 29.6 Å². The number of halogens is 3. The number of benzene rings is 2. The average molecular weight is 467 g/mol. The average Bonchev–Trinajstić information content (AvgIpc) is 3.28. The van der Waals surface area contributed by atoms with E-state index in [0.717, 1.165) is 17.7 Å². The zero-order chi connectivity index (χ0) is 23.6. The number of aryl methyl sites for hydroxylation is 1. The molecule has 0 spiro atoms. The monoisotopic (exact) mass is 467 g/mol. The number of nitriles is 1. The smallest absolute Gasteiger partial charge is 0.417 e. The quantitative estimate of drug-likeness (QED) is 0.269. The molecule has 0 atom stereocenters. The van der Waals surface area contributed by atoms with Crippen molar-refractivity contribution in [2.75, 3.05) is 5.32 Å². The number of allylic oxidation sites excluding steroid dienone is 1. The second kappa shape index (κ2) is 8.92. The SMILES string of the molecule is CCc1ccc(-c2csc(/C(C#N)=C/Nc3ccc4c(C(F)(F)F)cc(=O)oc4c3)n2)cc1. The maximum Gasteiger partial charge on any atom is 0.417 e. The molecule has 33 heavy (non-hydrogen) atoms. The Morgan fingerprint density at radius 1 is 1.21 bits per heavy atom. The summed E-state index contributed by atoms with van der Waals surface area (Å²) in [7, 11) is 0. The van der Waals surface area contributed by atoms with Gasteiger partial charge in [-0.05, 0) is 24.1 Å². The van der Waals surface area contributed by atoms with Gasteiger partial charge in [-0.3, -0.25) is 0 Å². The molecule has 0 aliphatic carbocycles. The molecule has 0 aliphatic rings. The van der Waals surface area contributed by atoms with E-state index >= 15 is 0 Å². The Hall–Kier alpha value is -3.90. The van der Waals surface area contributed by atoms with E-state index in [2.05, 4.69) is 23.3 Å². The molecule has 5 nitrogen and oxygen atoms in total. The molecular weight excluding hydrogens is 451 g/mol. The molecule has 0 radical (unpaired) electrons. The van der Waals surface area contributed by atoms with Crippen LogP contribution in [0.1, 0.15) is 23.1 Å². The van der Waals surface area contributed by atoms with Crippen LogP contribution in [-0.2, 0) is 12.6 Å². The number of rotatable bonds is 5. The van der Waals surface area contributed by atoms with Crippen LogP contribution >= 0.6 is 11.3 Å². The van der Waals surface area contributed by atoms with Gasteiger partial charge in [-0.2, -0.15) is 18.4 Å². The molecule has 1 N–H and O–H groups in total. The van der Waals surface area contributed by atoms with Crippen molar-refractivity contribution in [1.82, 2.24) is 4.98 Å². The molecule has 0 saturated heterocycles. The van der Waals surface area contributed by atoms with Crippen LogP contribution < -0.4 is 10.9 Å². The van der Waals surface area contributed by atoms with Crippen LogP contribution in [0.5, 0.6) is 0 Å². The summed E-state index contributed by atoms with van der Waals surface area (Å²) in [6, 6.07) is 14.4. The van der Waals surface area contributed by atoms with Crippen molar-refractivity contribution in [2.24, 2.45) is 0 Å². The zero-order valence-electron chi connectivity index (χ0n) is 17.2. The van der Waals surface area contributed by atoms with E-state index < -0.39 is 17.4 Å². The molecule has 166 valence electrons. The lowest BCUT2D eigenvalue weighted by atomic mass is 10.1. The highest BCUT2D eigenvalue weighted by Gasteiger charge is 2.33. The van der Waals surface area contributed by atoms with Gasteiger partial charge < -0.3 is 9.73 Å². The lowest BCUT2D eigenvalue weighted by Crippen LogP contribution is -2.11. The Bertz CT molecular complexity index is 1450. The van der Waals surface area contributed by atoms with Gasteiger partial charge in [-0.25, -0.2) is 9.78 Å². The van der Waals surface area contributed by atoms with Crippen LogP contribution in [0.3, 0.4) is 0 Å². The number of hydrogen-bond donors (Lipinski definition) is 1. The Balaban J connectivity index is 1.60. The molecular formula is C24H16F3N3O2S. The number of nitrogens with zero attached hydrogens (tertiary/aromatic N) is 2. The summed E-state index contributed by atoms with van der Waals surface area (Å²) in [6.07, 6.45) is -2.34. The van der Waals surface area contributed by atoms with Gasteiger partial charge in [0.05, 0.1) is 11.3 Å². The normalized spacial score (nSPS) is 12.0. The molecule has 0 saturated carbocycles. The molecule has 2 aromatic heterocycles. The van der Waals surface area contributed by atoms with Crippen molar-refractivity contribution in [1.29, 1.82) is 5.26 Å². The maximum absolute atomic E-state index is 13.2. The fourth-order valence-corrected chi connectivity index (χ4v) is 4.02. The number of nitrogens with one attached hydrogen (secondary N) is 1. The first-order chi connectivity index (χ1) is 15.8. The summed E-state index contributed by atoms with van der Waals surface area (Å²) < 4.78 is 44.5. The van der Waals surface area contributed by atoms with Gasteiger partial charge in [0.2, 0.25) is 0 Å². The van der Waals surface area contributed by atoms with Crippen molar-refractivity contribution in [2.45, 2.75) is 19.5 Å². The van der Waals surface area contributed by atoms with Crippen LogP contribution in [0, 0.1) is 11.3 Å². The van der Waals surface area contributed by atoms with Crippen LogP contribution in [-0.4, -0.2) is 4.98 Å². The zero-order valence-corrected chi connectivity index (χ0v) is 18.1. The number of aromatic nitrogens is 1. The first kappa shape index (κ1) is 22.3. The van der Waals surface area contributed by atoms with Crippen molar-refractivity contribution >= 4 is 33.6 Å². The lowest BCUT2D eigenvalue weighted by molar-refractivity contribution is -0.136. The fraction of sp³-hybridized carbons (Fsp3) is 0.125. The molecule has 0 amide bonds. The summed E-state index contributed by atoms with van der Waals surface area (Å²) in [6.45, 7) is 2.07. The van der Waals surface area contributed by atoms with E-state index in [1.165, 1.54) is 41.3 Å². The highest BCUT2D eigenvalue weighted by Crippen LogP contribution is 2.34. The molecule has 2 heterocycles. The number of alkyl halides is 3. The van der Waals surface area contributed by atoms with Gasteiger partial charge in [0.15, 0.2) is 0 Å². The summed E-state index contributed by atoms with van der Waals surface area (Å²) in [5.41, 5.74) is 1.13. The van der Waals surface area contributed by atoms with Crippen LogP contribution in [0.2, 0.25) is 0 Å². The molecule has 4 rings (SSSR count). The van der Waals surface area contributed by atoms with Gasteiger partial charge in [-0.1, -0.05) is 31.2 Å². The molecule has 2 aromatic carbocycles. The summed E-state index contributed by atoms with van der Waals surface area (Å²) in [5.74, 6) is 0. The van der Waals surface area contributed by atoms with E-state index in [4.69, 9.17) is 4.42 Å². The Morgan fingerprint density at radius 2 is 1.97 bits per heavy atom. The third-order valence-electron chi connectivity index (χ3n) is 4.95. The van der Waals surface area contributed by atoms with Gasteiger partial charge in [0.1, 0.15) is 22.2 Å². The van der Waals surface area contributed by atoms with Crippen molar-refractivity contribution in [3.63, 3.8) is 0 Å². The maximum atomic E-state index is 13.2. The predicted molar refractivity (Wildman–Crippen MR) is 122 cm³/mol. The molecule has 0 fully saturated rings. The standard InChI is InChI=1S/C24H16F3N3O2S/c1-2-14-3-5-15(6-4-14)20-13-33-23(30-20)16(11-28)12-29-17-7-8-18-19(24(25,26)27)10-22(31)32-21(18)9-17/h3-10,12-13,29H,2H2,1H3/b16-12+. The van der Waals surface area contributed by atoms with Gasteiger partial charge in [0, 0.05) is 40.3 Å². The van der Waals surface area contributed by atoms with E-state index in [0.29, 0.717) is 16.8 Å². The van der Waals surface area contributed by atoms with Crippen molar-refractivity contribution < 1.29 is 17.6 Å². The first-order valence-electron chi connectivity index (χ1n) is 9.85. The second-order valence-corrected chi connectivity index (χ2v) is 7.95. The van der Waals surface area contributed by atoms with E-state index in [-0.39, 0.29) is 16.5 Å². The Morgan fingerprint density at radius 3 is 2.64 bits per heavy atom. The molecule has 4 aromatic rings. The Labute approximate surface area is 190 Å². The number of thiazole rings is 1. The van der Waals surface area contributed by atoms with Crippen LogP contribution in [0.25, 0.3) is 27.8 Å². The minimum Gasteiger partial charge on any atom is -0.423 e. The fourth-order valence-electron chi connectivity index (χ4n) is 3.23. The Kier molecular flexibility index (Phi) is 6.03. The lowest BCUT2D eigenvalue weighted by Gasteiger charge is -2.10. The molecule has 0 bridgehead atoms. The van der Waals surface area contributed by atoms with Crippen LogP contribution in [0.15, 0.2) is 69.3 Å². The summed E-state index contributed by atoms with van der Waals surface area (Å²) >= 11 is 1.30. The van der Waals surface area contributed by atoms with Gasteiger partial charge in [0.25, 0.3) is 0 Å². The summed E-state index contributed by atoms with van der Waals surface area (Å²) in [4.78, 5) is 16.1. The van der Waals surface area contributed by atoms with Gasteiger partial charge in [-0.15, -0.1) is 11.3 Å². The van der Waals surface area contributed by atoms with Crippen molar-refractivity contribution in [3.05, 3.63) is 86.7 Å². The predicted octanol–water partition coefficient (Wildman–Crippen LogP) is 6.47.